The number of rotatable bonds is 4. The molecule has 1 spiro atoms. The van der Waals surface area contributed by atoms with Crippen LogP contribution in [0.3, 0.4) is 0 Å². The van der Waals surface area contributed by atoms with Crippen molar-refractivity contribution in [2.45, 2.75) is 38.2 Å². The molecule has 0 atom stereocenters. The predicted molar refractivity (Wildman–Crippen MR) is 142 cm³/mol. The summed E-state index contributed by atoms with van der Waals surface area (Å²) < 4.78 is 18.0. The van der Waals surface area contributed by atoms with Gasteiger partial charge in [-0.15, -0.1) is 0 Å². The van der Waals surface area contributed by atoms with Gasteiger partial charge in [-0.2, -0.15) is 0 Å². The first-order valence-electron chi connectivity index (χ1n) is 12.9. The Labute approximate surface area is 217 Å². The molecular weight excluding hydrogens is 466 g/mol. The van der Waals surface area contributed by atoms with E-state index in [1.807, 2.05) is 30.3 Å². The predicted octanol–water partition coefficient (Wildman–Crippen LogP) is 5.76. The molecule has 190 valence electrons. The van der Waals surface area contributed by atoms with Crippen LogP contribution in [0.4, 0.5) is 10.5 Å². The maximum absolute atomic E-state index is 13.3. The van der Waals surface area contributed by atoms with Crippen LogP contribution in [0.1, 0.15) is 41.5 Å². The van der Waals surface area contributed by atoms with E-state index in [-0.39, 0.29) is 6.09 Å². The molecule has 0 bridgehead atoms. The number of methoxy groups -OCH3 is 1. The van der Waals surface area contributed by atoms with Gasteiger partial charge in [-0.05, 0) is 68.4 Å². The van der Waals surface area contributed by atoms with Gasteiger partial charge in [-0.1, -0.05) is 23.8 Å². The third-order valence-corrected chi connectivity index (χ3v) is 7.59. The fraction of sp³-hybridized carbons (Fsp3) is 0.333. The summed E-state index contributed by atoms with van der Waals surface area (Å²) in [4.78, 5) is 19.6. The highest BCUT2D eigenvalue weighted by Crippen LogP contribution is 2.45. The van der Waals surface area contributed by atoms with Gasteiger partial charge in [0, 0.05) is 48.7 Å². The number of piperidine rings is 1. The van der Waals surface area contributed by atoms with Crippen molar-refractivity contribution in [3.05, 3.63) is 83.1 Å². The standard InChI is InChI=1S/C30H31N3O4/c1-20-10-11-25-24(18-20)30(12-15-31-16-13-30)37-29(34)33(25)17-5-6-21-19-23-26(35-2)8-3-9-27(23)36-28-22(21)7-4-14-32-28/h3-4,6-11,14,18,31H,5,12-13,15-17,19H2,1-2H3. The Morgan fingerprint density at radius 1 is 1.16 bits per heavy atom. The van der Waals surface area contributed by atoms with Gasteiger partial charge in [-0.25, -0.2) is 9.78 Å². The monoisotopic (exact) mass is 497 g/mol. The van der Waals surface area contributed by atoms with Gasteiger partial charge in [0.15, 0.2) is 0 Å². The van der Waals surface area contributed by atoms with E-state index in [0.717, 1.165) is 65.4 Å². The summed E-state index contributed by atoms with van der Waals surface area (Å²) in [5.41, 5.74) is 5.74. The quantitative estimate of drug-likeness (QED) is 0.494. The molecule has 6 rings (SSSR count). The molecule has 1 fully saturated rings. The largest absolute Gasteiger partial charge is 0.496 e. The first-order valence-corrected chi connectivity index (χ1v) is 12.9. The molecular formula is C30H31N3O4. The van der Waals surface area contributed by atoms with Gasteiger partial charge in [0.2, 0.25) is 5.88 Å². The van der Waals surface area contributed by atoms with E-state index in [4.69, 9.17) is 14.2 Å². The average Bonchev–Trinajstić information content (AvgIpc) is 3.08. The molecule has 1 N–H and O–H groups in total. The van der Waals surface area contributed by atoms with Gasteiger partial charge in [0.1, 0.15) is 17.1 Å². The number of amides is 1. The molecule has 3 aromatic rings. The van der Waals surface area contributed by atoms with Crippen molar-refractivity contribution in [1.29, 1.82) is 0 Å². The second-order valence-corrected chi connectivity index (χ2v) is 9.87. The smallest absolute Gasteiger partial charge is 0.415 e. The van der Waals surface area contributed by atoms with Crippen LogP contribution < -0.4 is 19.7 Å². The molecule has 3 aliphatic heterocycles. The minimum atomic E-state index is -0.540. The number of carbonyl (C=O) groups excluding carboxylic acids is 1. The number of hydrogen-bond donors (Lipinski definition) is 1. The third-order valence-electron chi connectivity index (χ3n) is 7.59. The molecule has 7 nitrogen and oxygen atoms in total. The van der Waals surface area contributed by atoms with E-state index in [0.29, 0.717) is 25.3 Å². The average molecular weight is 498 g/mol. The van der Waals surface area contributed by atoms with E-state index in [9.17, 15) is 4.79 Å². The van der Waals surface area contributed by atoms with Gasteiger partial charge < -0.3 is 19.5 Å². The molecule has 3 aliphatic rings. The Morgan fingerprint density at radius 3 is 2.86 bits per heavy atom. The van der Waals surface area contributed by atoms with Gasteiger partial charge in [-0.3, -0.25) is 4.90 Å². The van der Waals surface area contributed by atoms with Crippen LogP contribution in [-0.4, -0.2) is 37.8 Å². The van der Waals surface area contributed by atoms with Crippen molar-refractivity contribution in [1.82, 2.24) is 10.3 Å². The number of ether oxygens (including phenoxy) is 3. The van der Waals surface area contributed by atoms with Crippen molar-refractivity contribution < 1.29 is 19.0 Å². The Balaban J connectivity index is 1.31. The third kappa shape index (κ3) is 4.23. The summed E-state index contributed by atoms with van der Waals surface area (Å²) >= 11 is 0. The molecule has 0 aliphatic carbocycles. The van der Waals surface area contributed by atoms with Gasteiger partial charge in [0.25, 0.3) is 0 Å². The lowest BCUT2D eigenvalue weighted by Crippen LogP contribution is -2.50. The van der Waals surface area contributed by atoms with Crippen LogP contribution in [-0.2, 0) is 16.8 Å². The second-order valence-electron chi connectivity index (χ2n) is 9.87. The summed E-state index contributed by atoms with van der Waals surface area (Å²) in [7, 11) is 1.67. The van der Waals surface area contributed by atoms with Crippen molar-refractivity contribution in [3.63, 3.8) is 0 Å². The second kappa shape index (κ2) is 9.56. The number of hydrogen-bond acceptors (Lipinski definition) is 6. The normalized spacial score (nSPS) is 18.8. The van der Waals surface area contributed by atoms with Crippen molar-refractivity contribution >= 4 is 17.4 Å². The molecule has 1 aromatic heterocycles. The van der Waals surface area contributed by atoms with Gasteiger partial charge in [0.05, 0.1) is 12.8 Å². The molecule has 4 heterocycles. The number of anilines is 1. The number of fused-ring (bicyclic) bond motifs is 4. The van der Waals surface area contributed by atoms with E-state index >= 15 is 0 Å². The highest BCUT2D eigenvalue weighted by atomic mass is 16.6. The van der Waals surface area contributed by atoms with E-state index < -0.39 is 5.60 Å². The first-order chi connectivity index (χ1) is 18.1. The Morgan fingerprint density at radius 2 is 2.03 bits per heavy atom. The molecule has 0 unspecified atom stereocenters. The van der Waals surface area contributed by atoms with E-state index in [1.165, 1.54) is 5.56 Å². The summed E-state index contributed by atoms with van der Waals surface area (Å²) in [5.74, 6) is 2.11. The van der Waals surface area contributed by atoms with Crippen LogP contribution in [0.5, 0.6) is 17.4 Å². The maximum atomic E-state index is 13.3. The highest BCUT2D eigenvalue weighted by molar-refractivity contribution is 5.92. The van der Waals surface area contributed by atoms with Crippen LogP contribution in [0, 0.1) is 6.92 Å². The molecule has 2 aromatic carbocycles. The summed E-state index contributed by atoms with van der Waals surface area (Å²) in [5, 5.41) is 3.39. The highest BCUT2D eigenvalue weighted by Gasteiger charge is 2.45. The summed E-state index contributed by atoms with van der Waals surface area (Å²) in [6, 6.07) is 16.1. The molecule has 7 heteroatoms. The zero-order valence-corrected chi connectivity index (χ0v) is 21.3. The topological polar surface area (TPSA) is 72.9 Å². The van der Waals surface area contributed by atoms with Crippen LogP contribution in [0.2, 0.25) is 0 Å². The number of nitrogens with one attached hydrogen (secondary N) is 1. The van der Waals surface area contributed by atoms with Crippen LogP contribution in [0.25, 0.3) is 5.57 Å². The number of carbonyl (C=O) groups is 1. The molecule has 0 radical (unpaired) electrons. The lowest BCUT2D eigenvalue weighted by Gasteiger charge is -2.44. The van der Waals surface area contributed by atoms with E-state index in [2.05, 4.69) is 41.5 Å². The number of aromatic nitrogens is 1. The SMILES string of the molecule is COc1cccc2c1CC(=CCCN1C(=O)OC3(CCNCC3)c3cc(C)ccc31)c1cccnc1O2. The van der Waals surface area contributed by atoms with Crippen molar-refractivity contribution in [2.24, 2.45) is 0 Å². The van der Waals surface area contributed by atoms with Crippen molar-refractivity contribution in [2.75, 3.05) is 31.6 Å². The minimum Gasteiger partial charge on any atom is -0.496 e. The van der Waals surface area contributed by atoms with Crippen LogP contribution in [0.15, 0.2) is 60.8 Å². The Hall–Kier alpha value is -3.84. The zero-order valence-electron chi connectivity index (χ0n) is 21.3. The fourth-order valence-electron chi connectivity index (χ4n) is 5.70. The summed E-state index contributed by atoms with van der Waals surface area (Å²) in [6.45, 7) is 4.29. The first kappa shape index (κ1) is 23.6. The van der Waals surface area contributed by atoms with Gasteiger partial charge >= 0.3 is 6.09 Å². The Bertz CT molecular complexity index is 1380. The number of benzene rings is 2. The molecule has 1 saturated heterocycles. The summed E-state index contributed by atoms with van der Waals surface area (Å²) in [6.07, 6.45) is 6.54. The maximum Gasteiger partial charge on any atom is 0.415 e. The molecule has 0 saturated carbocycles. The van der Waals surface area contributed by atoms with Crippen LogP contribution >= 0.6 is 0 Å². The minimum absolute atomic E-state index is 0.269. The lowest BCUT2D eigenvalue weighted by atomic mass is 9.82. The van der Waals surface area contributed by atoms with E-state index in [1.54, 1.807) is 18.2 Å². The van der Waals surface area contributed by atoms with Crippen molar-refractivity contribution in [3.8, 4) is 17.4 Å². The zero-order chi connectivity index (χ0) is 25.4. The number of nitrogens with zero attached hydrogens (tertiary/aromatic N) is 2. The number of allylic oxidation sites excluding steroid dienone is 1. The molecule has 1 amide bonds. The fourth-order valence-corrected chi connectivity index (χ4v) is 5.70. The number of aryl methyl sites for hydroxylation is 1. The Kier molecular flexibility index (Phi) is 6.08. The lowest BCUT2D eigenvalue weighted by molar-refractivity contribution is -0.0178. The molecule has 37 heavy (non-hydrogen) atoms. The number of pyridine rings is 1.